The molecular formula is C20H18. The first-order chi connectivity index (χ1) is 9.85. The predicted molar refractivity (Wildman–Crippen MR) is 87.9 cm³/mol. The van der Waals surface area contributed by atoms with E-state index in [9.17, 15) is 0 Å². The van der Waals surface area contributed by atoms with Crippen LogP contribution in [-0.2, 0) is 0 Å². The lowest BCUT2D eigenvalue weighted by Gasteiger charge is -2.14. The van der Waals surface area contributed by atoms with Crippen molar-refractivity contribution in [3.05, 3.63) is 60.2 Å². The summed E-state index contributed by atoms with van der Waals surface area (Å²) in [5, 5.41) is 5.18. The maximum Gasteiger partial charge on any atom is 0.0455 e. The fourth-order valence-electron chi connectivity index (χ4n) is 2.99. The molecule has 3 aromatic rings. The molecule has 0 heteroatoms. The standard InChI is InChI=1S/C20H18/c1-3-8-15(4-2)17-11-7-12-19-18-10-6-5-9-16(18)13-14-20(17)19/h2,5-7,9-15H,3,8H2,1H3. The summed E-state index contributed by atoms with van der Waals surface area (Å²) in [4.78, 5) is 0. The van der Waals surface area contributed by atoms with Crippen LogP contribution in [0.1, 0.15) is 31.2 Å². The highest BCUT2D eigenvalue weighted by atomic mass is 14.1. The van der Waals surface area contributed by atoms with Crippen LogP contribution in [0.4, 0.5) is 0 Å². The van der Waals surface area contributed by atoms with Crippen molar-refractivity contribution in [2.45, 2.75) is 25.7 Å². The van der Waals surface area contributed by atoms with Crippen LogP contribution in [0, 0.1) is 12.3 Å². The minimum Gasteiger partial charge on any atom is -0.119 e. The van der Waals surface area contributed by atoms with E-state index in [0.717, 1.165) is 12.8 Å². The number of rotatable bonds is 3. The van der Waals surface area contributed by atoms with Crippen molar-refractivity contribution in [2.75, 3.05) is 0 Å². The summed E-state index contributed by atoms with van der Waals surface area (Å²) in [5.41, 5.74) is 1.29. The maximum absolute atomic E-state index is 5.74. The van der Waals surface area contributed by atoms with Crippen molar-refractivity contribution in [1.29, 1.82) is 0 Å². The number of hydrogen-bond acceptors (Lipinski definition) is 0. The molecule has 0 bridgehead atoms. The molecule has 0 aliphatic heterocycles. The zero-order valence-electron chi connectivity index (χ0n) is 11.8. The SMILES string of the molecule is C#CC(CCC)c1cccc2c1ccc1ccccc12. The summed E-state index contributed by atoms with van der Waals surface area (Å²) in [6.07, 6.45) is 7.90. The highest BCUT2D eigenvalue weighted by Gasteiger charge is 2.11. The lowest BCUT2D eigenvalue weighted by Crippen LogP contribution is -1.96. The van der Waals surface area contributed by atoms with Gasteiger partial charge in [0.05, 0.1) is 0 Å². The van der Waals surface area contributed by atoms with E-state index >= 15 is 0 Å². The summed E-state index contributed by atoms with van der Waals surface area (Å²) in [5.74, 6) is 3.17. The molecule has 0 aromatic heterocycles. The summed E-state index contributed by atoms with van der Waals surface area (Å²) >= 11 is 0. The molecule has 0 fully saturated rings. The molecule has 3 rings (SSSR count). The first-order valence-electron chi connectivity index (χ1n) is 7.21. The molecule has 0 spiro atoms. The van der Waals surface area contributed by atoms with Gasteiger partial charge in [-0.05, 0) is 33.5 Å². The normalized spacial score (nSPS) is 12.4. The topological polar surface area (TPSA) is 0 Å². The highest BCUT2D eigenvalue weighted by Crippen LogP contribution is 2.32. The van der Waals surface area contributed by atoms with Crippen LogP contribution in [0.5, 0.6) is 0 Å². The second-order valence-electron chi connectivity index (χ2n) is 5.24. The van der Waals surface area contributed by atoms with Gasteiger partial charge in [0.25, 0.3) is 0 Å². The van der Waals surface area contributed by atoms with Gasteiger partial charge in [0.2, 0.25) is 0 Å². The Morgan fingerprint density at radius 2 is 1.70 bits per heavy atom. The molecule has 0 aliphatic rings. The van der Waals surface area contributed by atoms with E-state index in [1.54, 1.807) is 0 Å². The van der Waals surface area contributed by atoms with E-state index in [1.807, 2.05) is 0 Å². The maximum atomic E-state index is 5.74. The van der Waals surface area contributed by atoms with E-state index < -0.39 is 0 Å². The van der Waals surface area contributed by atoms with Crippen LogP contribution in [0.2, 0.25) is 0 Å². The van der Waals surface area contributed by atoms with E-state index in [2.05, 4.69) is 67.4 Å². The minimum atomic E-state index is 0.213. The van der Waals surface area contributed by atoms with Crippen LogP contribution < -0.4 is 0 Å². The average Bonchev–Trinajstić information content (AvgIpc) is 2.52. The summed E-state index contributed by atoms with van der Waals surface area (Å²) in [6.45, 7) is 2.19. The number of terminal acetylenes is 1. The number of benzene rings is 3. The van der Waals surface area contributed by atoms with Crippen LogP contribution in [0.15, 0.2) is 54.6 Å². The third-order valence-electron chi connectivity index (χ3n) is 3.97. The Morgan fingerprint density at radius 3 is 2.50 bits per heavy atom. The minimum absolute atomic E-state index is 0.213. The molecule has 0 nitrogen and oxygen atoms in total. The van der Waals surface area contributed by atoms with Gasteiger partial charge in [-0.1, -0.05) is 73.9 Å². The summed E-state index contributed by atoms with van der Waals surface area (Å²) in [6, 6.07) is 19.4. The fourth-order valence-corrected chi connectivity index (χ4v) is 2.99. The monoisotopic (exact) mass is 258 g/mol. The average molecular weight is 258 g/mol. The lowest BCUT2D eigenvalue weighted by molar-refractivity contribution is 0.739. The largest absolute Gasteiger partial charge is 0.119 e. The van der Waals surface area contributed by atoms with E-state index in [-0.39, 0.29) is 5.92 Å². The molecule has 0 saturated carbocycles. The molecule has 0 amide bonds. The molecule has 20 heavy (non-hydrogen) atoms. The van der Waals surface area contributed by atoms with Gasteiger partial charge in [-0.3, -0.25) is 0 Å². The zero-order chi connectivity index (χ0) is 13.9. The molecule has 0 N–H and O–H groups in total. The number of hydrogen-bond donors (Lipinski definition) is 0. The zero-order valence-corrected chi connectivity index (χ0v) is 11.8. The molecule has 0 heterocycles. The van der Waals surface area contributed by atoms with Crippen molar-refractivity contribution >= 4 is 21.5 Å². The molecule has 3 aromatic carbocycles. The first kappa shape index (κ1) is 12.8. The van der Waals surface area contributed by atoms with Gasteiger partial charge in [-0.2, -0.15) is 0 Å². The van der Waals surface area contributed by atoms with Gasteiger partial charge >= 0.3 is 0 Å². The molecular weight excluding hydrogens is 240 g/mol. The van der Waals surface area contributed by atoms with Crippen molar-refractivity contribution < 1.29 is 0 Å². The van der Waals surface area contributed by atoms with Gasteiger partial charge in [0.15, 0.2) is 0 Å². The third kappa shape index (κ3) is 2.06. The van der Waals surface area contributed by atoms with Crippen LogP contribution >= 0.6 is 0 Å². The van der Waals surface area contributed by atoms with E-state index in [1.165, 1.54) is 27.1 Å². The quantitative estimate of drug-likeness (QED) is 0.429. The molecule has 0 saturated heterocycles. The van der Waals surface area contributed by atoms with Crippen LogP contribution in [-0.4, -0.2) is 0 Å². The summed E-state index contributed by atoms with van der Waals surface area (Å²) < 4.78 is 0. The number of fused-ring (bicyclic) bond motifs is 3. The Morgan fingerprint density at radius 1 is 0.900 bits per heavy atom. The van der Waals surface area contributed by atoms with Gasteiger partial charge in [0.1, 0.15) is 0 Å². The third-order valence-corrected chi connectivity index (χ3v) is 3.97. The second kappa shape index (κ2) is 5.39. The summed E-state index contributed by atoms with van der Waals surface area (Å²) in [7, 11) is 0. The Bertz CT molecular complexity index is 790. The lowest BCUT2D eigenvalue weighted by atomic mass is 9.89. The smallest absolute Gasteiger partial charge is 0.0455 e. The Kier molecular flexibility index (Phi) is 3.44. The molecule has 1 unspecified atom stereocenters. The fraction of sp³-hybridized carbons (Fsp3) is 0.200. The van der Waals surface area contributed by atoms with E-state index in [4.69, 9.17) is 6.42 Å². The van der Waals surface area contributed by atoms with Gasteiger partial charge < -0.3 is 0 Å². The highest BCUT2D eigenvalue weighted by molar-refractivity contribution is 6.08. The predicted octanol–water partition coefficient (Wildman–Crippen LogP) is 5.51. The molecule has 0 radical (unpaired) electrons. The molecule has 1 atom stereocenters. The molecule has 0 aliphatic carbocycles. The van der Waals surface area contributed by atoms with Crippen molar-refractivity contribution in [2.24, 2.45) is 0 Å². The van der Waals surface area contributed by atoms with Gasteiger partial charge in [-0.15, -0.1) is 6.42 Å². The first-order valence-corrected chi connectivity index (χ1v) is 7.21. The Labute approximate surface area is 120 Å². The van der Waals surface area contributed by atoms with Crippen molar-refractivity contribution in [1.82, 2.24) is 0 Å². The van der Waals surface area contributed by atoms with Crippen LogP contribution in [0.3, 0.4) is 0 Å². The Hall–Kier alpha value is -2.26. The Balaban J connectivity index is 2.30. The van der Waals surface area contributed by atoms with Gasteiger partial charge in [-0.25, -0.2) is 0 Å². The van der Waals surface area contributed by atoms with Crippen LogP contribution in [0.25, 0.3) is 21.5 Å². The van der Waals surface area contributed by atoms with Crippen molar-refractivity contribution in [3.63, 3.8) is 0 Å². The molecule has 98 valence electrons. The van der Waals surface area contributed by atoms with E-state index in [0.29, 0.717) is 0 Å². The van der Waals surface area contributed by atoms with Crippen molar-refractivity contribution in [3.8, 4) is 12.3 Å². The second-order valence-corrected chi connectivity index (χ2v) is 5.24. The van der Waals surface area contributed by atoms with Gasteiger partial charge in [0, 0.05) is 5.92 Å².